The van der Waals surface area contributed by atoms with E-state index in [9.17, 15) is 18.0 Å². The molecule has 0 saturated heterocycles. The molecule has 0 bridgehead atoms. The number of fused-ring (bicyclic) bond motifs is 3. The van der Waals surface area contributed by atoms with Crippen LogP contribution < -0.4 is 10.3 Å². The molecule has 0 saturated carbocycles. The zero-order chi connectivity index (χ0) is 21.6. The number of carbonyl (C=O) groups is 1. The van der Waals surface area contributed by atoms with Gasteiger partial charge in [-0.25, -0.2) is 13.1 Å². The van der Waals surface area contributed by atoms with Gasteiger partial charge in [0.25, 0.3) is 5.56 Å². The van der Waals surface area contributed by atoms with E-state index in [1.165, 1.54) is 6.07 Å². The highest BCUT2D eigenvalue weighted by Gasteiger charge is 2.15. The fraction of sp³-hybridized carbons (Fsp3) is 0.368. The first-order valence-corrected chi connectivity index (χ1v) is 10.6. The van der Waals surface area contributed by atoms with E-state index in [4.69, 9.17) is 5.11 Å². The number of carboxylic acids is 1. The van der Waals surface area contributed by atoms with Crippen LogP contribution in [0.5, 0.6) is 0 Å². The van der Waals surface area contributed by atoms with Crippen LogP contribution >= 0.6 is 0 Å². The number of hydrogen-bond acceptors (Lipinski definition) is 5. The number of nitrogens with zero attached hydrogens (tertiary/aromatic N) is 1. The van der Waals surface area contributed by atoms with Crippen molar-refractivity contribution in [3.05, 3.63) is 40.8 Å². The van der Waals surface area contributed by atoms with E-state index in [1.807, 2.05) is 19.0 Å². The van der Waals surface area contributed by atoms with Crippen LogP contribution in [-0.4, -0.2) is 61.5 Å². The lowest BCUT2D eigenvalue weighted by Crippen LogP contribution is -2.27. The van der Waals surface area contributed by atoms with Gasteiger partial charge >= 0.3 is 5.97 Å². The lowest BCUT2D eigenvalue weighted by Gasteiger charge is -2.11. The van der Waals surface area contributed by atoms with E-state index in [2.05, 4.69) is 14.7 Å². The molecule has 0 spiro atoms. The van der Waals surface area contributed by atoms with E-state index in [-0.39, 0.29) is 16.9 Å². The number of nitrogens with one attached hydrogen (secondary N) is 3. The van der Waals surface area contributed by atoms with Crippen molar-refractivity contribution in [3.8, 4) is 0 Å². The molecule has 0 aliphatic rings. The molecule has 29 heavy (non-hydrogen) atoms. The number of H-pyrrole nitrogens is 2. The molecule has 3 rings (SSSR count). The Kier molecular flexibility index (Phi) is 7.54. The fourth-order valence-corrected chi connectivity index (χ4v) is 3.77. The summed E-state index contributed by atoms with van der Waals surface area (Å²) < 4.78 is 27.5. The Hall–Kier alpha value is -2.69. The maximum absolute atomic E-state index is 12.5. The summed E-state index contributed by atoms with van der Waals surface area (Å²) in [6, 6.07) is 6.49. The number of hydrogen-bond donors (Lipinski definition) is 4. The van der Waals surface area contributed by atoms with Gasteiger partial charge in [-0.2, -0.15) is 0 Å². The van der Waals surface area contributed by atoms with Gasteiger partial charge in [0.2, 0.25) is 10.0 Å². The van der Waals surface area contributed by atoms with Crippen LogP contribution in [0, 0.1) is 0 Å². The number of aromatic nitrogens is 2. The van der Waals surface area contributed by atoms with Gasteiger partial charge in [0, 0.05) is 35.5 Å². The van der Waals surface area contributed by atoms with Crippen LogP contribution in [0.25, 0.3) is 21.8 Å². The van der Waals surface area contributed by atoms with E-state index in [0.717, 1.165) is 13.0 Å². The highest BCUT2D eigenvalue weighted by molar-refractivity contribution is 7.89. The van der Waals surface area contributed by atoms with Gasteiger partial charge in [-0.15, -0.1) is 0 Å². The first kappa shape index (κ1) is 22.6. The molecule has 0 atom stereocenters. The molecule has 0 radical (unpaired) electrons. The molecule has 0 aliphatic carbocycles. The van der Waals surface area contributed by atoms with Gasteiger partial charge in [-0.1, -0.05) is 6.92 Å². The van der Waals surface area contributed by atoms with Crippen molar-refractivity contribution in [2.75, 3.05) is 27.2 Å². The largest absolute Gasteiger partial charge is 0.481 e. The van der Waals surface area contributed by atoms with Gasteiger partial charge in [0.05, 0.1) is 4.90 Å². The Morgan fingerprint density at radius 3 is 2.52 bits per heavy atom. The third kappa shape index (κ3) is 5.89. The summed E-state index contributed by atoms with van der Waals surface area (Å²) in [5, 5.41) is 9.13. The van der Waals surface area contributed by atoms with Crippen molar-refractivity contribution in [2.24, 2.45) is 0 Å². The molecule has 9 nitrogen and oxygen atoms in total. The molecule has 1 aromatic carbocycles. The summed E-state index contributed by atoms with van der Waals surface area (Å²) in [6.45, 7) is 2.79. The average molecular weight is 423 g/mol. The van der Waals surface area contributed by atoms with Crippen LogP contribution in [0.2, 0.25) is 0 Å². The van der Waals surface area contributed by atoms with E-state index in [0.29, 0.717) is 28.4 Å². The van der Waals surface area contributed by atoms with Crippen LogP contribution in [0.1, 0.15) is 19.8 Å². The summed E-state index contributed by atoms with van der Waals surface area (Å²) in [6.07, 6.45) is 2.62. The fourth-order valence-electron chi connectivity index (χ4n) is 2.67. The van der Waals surface area contributed by atoms with Crippen LogP contribution in [0.4, 0.5) is 0 Å². The molecule has 10 heteroatoms. The molecule has 2 aromatic heterocycles. The first-order valence-electron chi connectivity index (χ1n) is 9.15. The summed E-state index contributed by atoms with van der Waals surface area (Å²) in [7, 11) is 0.308. The highest BCUT2D eigenvalue weighted by atomic mass is 32.2. The minimum atomic E-state index is -3.58. The topological polar surface area (TPSA) is 135 Å². The minimum Gasteiger partial charge on any atom is -0.481 e. The molecule has 2 heterocycles. The lowest BCUT2D eigenvalue weighted by atomic mass is 10.1. The molecule has 0 aliphatic heterocycles. The lowest BCUT2D eigenvalue weighted by molar-refractivity contribution is -0.136. The minimum absolute atomic E-state index is 0.189. The van der Waals surface area contributed by atoms with Gasteiger partial charge in [-0.3, -0.25) is 9.59 Å². The number of sulfonamides is 1. The van der Waals surface area contributed by atoms with Crippen molar-refractivity contribution in [2.45, 2.75) is 24.7 Å². The van der Waals surface area contributed by atoms with Crippen LogP contribution in [-0.2, 0) is 14.8 Å². The zero-order valence-corrected chi connectivity index (χ0v) is 17.5. The summed E-state index contributed by atoms with van der Waals surface area (Å²) in [5.74, 6) is -0.745. The van der Waals surface area contributed by atoms with E-state index >= 15 is 0 Å². The molecule has 0 unspecified atom stereocenters. The third-order valence-corrected chi connectivity index (χ3v) is 5.65. The molecule has 0 fully saturated rings. The smallest absolute Gasteiger partial charge is 0.303 e. The maximum Gasteiger partial charge on any atom is 0.303 e. The third-order valence-electron chi connectivity index (χ3n) is 4.19. The Balaban J connectivity index is 0.000000537. The van der Waals surface area contributed by atoms with Gasteiger partial charge in [-0.05, 0) is 51.3 Å². The predicted molar refractivity (Wildman–Crippen MR) is 113 cm³/mol. The molecule has 158 valence electrons. The van der Waals surface area contributed by atoms with Gasteiger partial charge < -0.3 is 20.0 Å². The number of rotatable bonds is 7. The van der Waals surface area contributed by atoms with Crippen molar-refractivity contribution in [3.63, 3.8) is 0 Å². The number of carboxylic acid groups (broad SMARTS) is 1. The monoisotopic (exact) mass is 422 g/mol. The quantitative estimate of drug-likeness (QED) is 0.428. The standard InChI is InChI=1S/C16H20N4O3S.C3H6O2/c1-20(2)9-3-7-18-24(22,23)11-4-5-14-13(10-11)12-6-8-17-15(12)16(21)19-14;1-2-3(4)5/h4-6,8,10,17-18H,3,7,9H2,1-2H3,(H,19,21);2H2,1H3,(H,4,5). The summed E-state index contributed by atoms with van der Waals surface area (Å²) >= 11 is 0. The number of aromatic amines is 2. The Morgan fingerprint density at radius 2 is 1.90 bits per heavy atom. The van der Waals surface area contributed by atoms with Crippen molar-refractivity contribution < 1.29 is 18.3 Å². The normalized spacial score (nSPS) is 11.6. The Labute approximate surface area is 168 Å². The second-order valence-electron chi connectivity index (χ2n) is 6.73. The SMILES string of the molecule is CCC(=O)O.CN(C)CCCNS(=O)(=O)c1ccc2[nH]c(=O)c3[nH]ccc3c2c1. The van der Waals surface area contributed by atoms with E-state index in [1.54, 1.807) is 31.3 Å². The van der Waals surface area contributed by atoms with Crippen molar-refractivity contribution in [1.82, 2.24) is 19.6 Å². The second kappa shape index (κ2) is 9.68. The molecule has 4 N–H and O–H groups in total. The Morgan fingerprint density at radius 1 is 1.21 bits per heavy atom. The molecule has 3 aromatic rings. The van der Waals surface area contributed by atoms with Crippen molar-refractivity contribution in [1.29, 1.82) is 0 Å². The van der Waals surface area contributed by atoms with Gasteiger partial charge in [0.15, 0.2) is 0 Å². The number of benzene rings is 1. The first-order chi connectivity index (χ1) is 13.7. The highest BCUT2D eigenvalue weighted by Crippen LogP contribution is 2.23. The zero-order valence-electron chi connectivity index (χ0n) is 16.7. The number of aliphatic carboxylic acids is 1. The number of pyridine rings is 1. The van der Waals surface area contributed by atoms with Gasteiger partial charge in [0.1, 0.15) is 5.52 Å². The van der Waals surface area contributed by atoms with E-state index < -0.39 is 16.0 Å². The van der Waals surface area contributed by atoms with Crippen molar-refractivity contribution >= 4 is 37.8 Å². The Bertz CT molecular complexity index is 1150. The molecular weight excluding hydrogens is 396 g/mol. The summed E-state index contributed by atoms with van der Waals surface area (Å²) in [4.78, 5) is 29.1. The molecule has 0 amide bonds. The predicted octanol–water partition coefficient (Wildman–Crippen LogP) is 1.72. The summed E-state index contributed by atoms with van der Waals surface area (Å²) in [5.41, 5.74) is 0.828. The maximum atomic E-state index is 12.5. The second-order valence-corrected chi connectivity index (χ2v) is 8.50. The van der Waals surface area contributed by atoms with Crippen LogP contribution in [0.15, 0.2) is 40.2 Å². The van der Waals surface area contributed by atoms with Crippen LogP contribution in [0.3, 0.4) is 0 Å². The molecular formula is C19H26N4O5S. The average Bonchev–Trinajstić information content (AvgIpc) is 3.16.